The molecule has 5 heteroatoms. The van der Waals surface area contributed by atoms with Crippen LogP contribution < -0.4 is 10.1 Å². The molecule has 21 heavy (non-hydrogen) atoms. The molecule has 0 spiro atoms. The number of fused-ring (bicyclic) bond motifs is 1. The lowest BCUT2D eigenvalue weighted by molar-refractivity contribution is -0.141. The van der Waals surface area contributed by atoms with Crippen molar-refractivity contribution in [2.75, 3.05) is 6.54 Å². The lowest BCUT2D eigenvalue weighted by Gasteiger charge is -2.13. The second-order valence-electron chi connectivity index (χ2n) is 5.49. The van der Waals surface area contributed by atoms with Gasteiger partial charge in [0, 0.05) is 18.0 Å². The van der Waals surface area contributed by atoms with E-state index >= 15 is 0 Å². The van der Waals surface area contributed by atoms with Gasteiger partial charge in [0.2, 0.25) is 0 Å². The molecule has 0 aliphatic carbocycles. The van der Waals surface area contributed by atoms with Crippen LogP contribution in [-0.2, 0) is 4.79 Å². The van der Waals surface area contributed by atoms with Crippen molar-refractivity contribution >= 4 is 11.9 Å². The molecule has 1 heterocycles. The molecule has 0 fully saturated rings. The highest BCUT2D eigenvalue weighted by Crippen LogP contribution is 2.40. The van der Waals surface area contributed by atoms with Crippen molar-refractivity contribution in [2.45, 2.75) is 39.2 Å². The van der Waals surface area contributed by atoms with Crippen LogP contribution in [0.1, 0.15) is 49.0 Å². The number of hydrogen-bond acceptors (Lipinski definition) is 3. The van der Waals surface area contributed by atoms with Gasteiger partial charge in [-0.25, -0.2) is 0 Å². The number of carboxylic acids is 1. The summed E-state index contributed by atoms with van der Waals surface area (Å²) >= 11 is 0. The summed E-state index contributed by atoms with van der Waals surface area (Å²) in [6, 6.07) is 5.51. The Morgan fingerprint density at radius 1 is 1.38 bits per heavy atom. The summed E-state index contributed by atoms with van der Waals surface area (Å²) in [6.45, 7) is 5.96. The van der Waals surface area contributed by atoms with Crippen molar-refractivity contribution in [1.82, 2.24) is 5.32 Å². The van der Waals surface area contributed by atoms with E-state index in [0.29, 0.717) is 17.7 Å². The Labute approximate surface area is 124 Å². The first-order valence-corrected chi connectivity index (χ1v) is 7.26. The summed E-state index contributed by atoms with van der Waals surface area (Å²) < 4.78 is 5.77. The van der Waals surface area contributed by atoms with Gasteiger partial charge < -0.3 is 15.2 Å². The van der Waals surface area contributed by atoms with Crippen LogP contribution in [0.2, 0.25) is 0 Å². The summed E-state index contributed by atoms with van der Waals surface area (Å²) in [4.78, 5) is 23.3. The number of amides is 1. The van der Waals surface area contributed by atoms with Crippen LogP contribution in [0, 0.1) is 5.92 Å². The van der Waals surface area contributed by atoms with Crippen LogP contribution in [0.15, 0.2) is 18.2 Å². The van der Waals surface area contributed by atoms with Gasteiger partial charge in [0.1, 0.15) is 11.9 Å². The second kappa shape index (κ2) is 6.16. The molecule has 2 N–H and O–H groups in total. The number of benzene rings is 1. The highest BCUT2D eigenvalue weighted by Gasteiger charge is 2.31. The Balaban J connectivity index is 2.13. The third-order valence-corrected chi connectivity index (χ3v) is 4.14. The van der Waals surface area contributed by atoms with Crippen LogP contribution in [0.5, 0.6) is 5.75 Å². The molecule has 0 saturated heterocycles. The van der Waals surface area contributed by atoms with E-state index in [1.807, 2.05) is 19.1 Å². The number of para-hydroxylation sites is 1. The van der Waals surface area contributed by atoms with Gasteiger partial charge in [0.05, 0.1) is 11.5 Å². The molecule has 1 aliphatic heterocycles. The number of carboxylic acid groups (broad SMARTS) is 1. The van der Waals surface area contributed by atoms with Gasteiger partial charge in [-0.2, -0.15) is 0 Å². The number of ether oxygens (including phenoxy) is 1. The largest absolute Gasteiger partial charge is 0.489 e. The van der Waals surface area contributed by atoms with Gasteiger partial charge in [0.25, 0.3) is 5.91 Å². The number of carbonyl (C=O) groups is 2. The van der Waals surface area contributed by atoms with Gasteiger partial charge in [-0.15, -0.1) is 0 Å². The molecule has 1 amide bonds. The zero-order valence-corrected chi connectivity index (χ0v) is 12.6. The third kappa shape index (κ3) is 3.01. The van der Waals surface area contributed by atoms with Crippen molar-refractivity contribution in [1.29, 1.82) is 0 Å². The van der Waals surface area contributed by atoms with Gasteiger partial charge >= 0.3 is 5.97 Å². The maximum atomic E-state index is 12.3. The van der Waals surface area contributed by atoms with Crippen LogP contribution in [0.4, 0.5) is 0 Å². The minimum atomic E-state index is -0.894. The molecule has 5 nitrogen and oxygen atoms in total. The molecule has 1 aromatic rings. The van der Waals surface area contributed by atoms with E-state index in [1.54, 1.807) is 13.0 Å². The maximum Gasteiger partial charge on any atom is 0.308 e. The Hall–Kier alpha value is -2.04. The standard InChI is InChI=1S/C16H21NO4/c1-4-11(16(19)20)8-17-15(18)13-7-5-6-12-9(2)10(3)21-14(12)13/h5-7,9-11H,4,8H2,1-3H3,(H,17,18)(H,19,20). The molecule has 1 aromatic carbocycles. The zero-order valence-electron chi connectivity index (χ0n) is 12.6. The van der Waals surface area contributed by atoms with Gasteiger partial charge in [-0.05, 0) is 19.4 Å². The fourth-order valence-corrected chi connectivity index (χ4v) is 2.48. The van der Waals surface area contributed by atoms with E-state index < -0.39 is 11.9 Å². The van der Waals surface area contributed by atoms with E-state index in [1.165, 1.54) is 0 Å². The van der Waals surface area contributed by atoms with Crippen molar-refractivity contribution < 1.29 is 19.4 Å². The fraction of sp³-hybridized carbons (Fsp3) is 0.500. The number of rotatable bonds is 5. The first-order chi connectivity index (χ1) is 9.95. The molecule has 0 aromatic heterocycles. The molecule has 3 unspecified atom stereocenters. The van der Waals surface area contributed by atoms with E-state index in [4.69, 9.17) is 9.84 Å². The smallest absolute Gasteiger partial charge is 0.308 e. The summed E-state index contributed by atoms with van der Waals surface area (Å²) in [5.74, 6) is -0.875. The predicted molar refractivity (Wildman–Crippen MR) is 78.7 cm³/mol. The molecular formula is C16H21NO4. The van der Waals surface area contributed by atoms with Crippen LogP contribution in [-0.4, -0.2) is 29.6 Å². The minimum absolute atomic E-state index is 0.0383. The summed E-state index contributed by atoms with van der Waals surface area (Å²) in [5.41, 5.74) is 1.50. The molecule has 1 aliphatic rings. The second-order valence-corrected chi connectivity index (χ2v) is 5.49. The van der Waals surface area contributed by atoms with Gasteiger partial charge in [-0.3, -0.25) is 9.59 Å². The van der Waals surface area contributed by atoms with Gasteiger partial charge in [0.15, 0.2) is 0 Å². The van der Waals surface area contributed by atoms with Crippen LogP contribution >= 0.6 is 0 Å². The highest BCUT2D eigenvalue weighted by atomic mass is 16.5. The lowest BCUT2D eigenvalue weighted by atomic mass is 9.96. The Bertz CT molecular complexity index is 555. The Morgan fingerprint density at radius 3 is 2.71 bits per heavy atom. The van der Waals surface area contributed by atoms with E-state index in [-0.39, 0.29) is 24.5 Å². The monoisotopic (exact) mass is 291 g/mol. The average molecular weight is 291 g/mol. The molecule has 2 rings (SSSR count). The normalized spacial score (nSPS) is 21.3. The molecule has 114 valence electrons. The summed E-state index contributed by atoms with van der Waals surface area (Å²) in [7, 11) is 0. The molecule has 0 bridgehead atoms. The first-order valence-electron chi connectivity index (χ1n) is 7.26. The van der Waals surface area contributed by atoms with Crippen LogP contribution in [0.3, 0.4) is 0 Å². The predicted octanol–water partition coefficient (Wildman–Crippen LogP) is 2.41. The van der Waals surface area contributed by atoms with E-state index in [2.05, 4.69) is 12.2 Å². The number of carbonyl (C=O) groups excluding carboxylic acids is 1. The maximum absolute atomic E-state index is 12.3. The quantitative estimate of drug-likeness (QED) is 0.873. The minimum Gasteiger partial charge on any atom is -0.489 e. The number of nitrogens with one attached hydrogen (secondary N) is 1. The Kier molecular flexibility index (Phi) is 4.50. The average Bonchev–Trinajstić information content (AvgIpc) is 2.74. The molecule has 3 atom stereocenters. The topological polar surface area (TPSA) is 75.6 Å². The molecule has 0 saturated carbocycles. The van der Waals surface area contributed by atoms with E-state index in [9.17, 15) is 9.59 Å². The summed E-state index contributed by atoms with van der Waals surface area (Å²) in [5, 5.41) is 11.7. The molecular weight excluding hydrogens is 270 g/mol. The fourth-order valence-electron chi connectivity index (χ4n) is 2.48. The SMILES string of the molecule is CCC(CNC(=O)c1cccc2c1OC(C)C2C)C(=O)O. The Morgan fingerprint density at radius 2 is 2.10 bits per heavy atom. The van der Waals surface area contributed by atoms with Crippen molar-refractivity contribution in [3.05, 3.63) is 29.3 Å². The number of hydrogen-bond donors (Lipinski definition) is 2. The zero-order chi connectivity index (χ0) is 15.6. The van der Waals surface area contributed by atoms with Crippen molar-refractivity contribution in [2.24, 2.45) is 5.92 Å². The first kappa shape index (κ1) is 15.4. The van der Waals surface area contributed by atoms with Crippen molar-refractivity contribution in [3.8, 4) is 5.75 Å². The lowest BCUT2D eigenvalue weighted by Crippen LogP contribution is -2.32. The highest BCUT2D eigenvalue weighted by molar-refractivity contribution is 5.97. The van der Waals surface area contributed by atoms with Gasteiger partial charge in [-0.1, -0.05) is 26.0 Å². The van der Waals surface area contributed by atoms with E-state index in [0.717, 1.165) is 5.56 Å². The summed E-state index contributed by atoms with van der Waals surface area (Å²) in [6.07, 6.45) is 0.518. The number of aliphatic carboxylic acids is 1. The third-order valence-electron chi connectivity index (χ3n) is 4.14. The van der Waals surface area contributed by atoms with Crippen LogP contribution in [0.25, 0.3) is 0 Å². The van der Waals surface area contributed by atoms with Crippen molar-refractivity contribution in [3.63, 3.8) is 0 Å². The molecule has 0 radical (unpaired) electrons.